The summed E-state index contributed by atoms with van der Waals surface area (Å²) in [7, 11) is 0. The molecule has 1 heterocycles. The van der Waals surface area contributed by atoms with Crippen LogP contribution in [0, 0.1) is 0 Å². The lowest BCUT2D eigenvalue weighted by Gasteiger charge is -2.14. The molecular weight excluding hydrogens is 184 g/mol. The van der Waals surface area contributed by atoms with Crippen LogP contribution in [0.3, 0.4) is 0 Å². The van der Waals surface area contributed by atoms with Gasteiger partial charge < -0.3 is 5.11 Å². The van der Waals surface area contributed by atoms with Gasteiger partial charge in [-0.15, -0.1) is 11.8 Å². The lowest BCUT2D eigenvalue weighted by Crippen LogP contribution is -2.14. The van der Waals surface area contributed by atoms with E-state index in [1.807, 2.05) is 30.3 Å². The molecule has 0 radical (unpaired) electrons. The van der Waals surface area contributed by atoms with Gasteiger partial charge in [-0.1, -0.05) is 30.4 Å². The second-order valence-electron chi connectivity index (χ2n) is 2.77. The van der Waals surface area contributed by atoms with Crippen LogP contribution in [0.4, 0.5) is 0 Å². The highest BCUT2D eigenvalue weighted by molar-refractivity contribution is 8.01. The largest absolute Gasteiger partial charge is 0.480 e. The molecule has 1 unspecified atom stereocenters. The maximum absolute atomic E-state index is 10.7. The zero-order valence-electron chi connectivity index (χ0n) is 6.81. The van der Waals surface area contributed by atoms with Crippen molar-refractivity contribution in [3.05, 3.63) is 35.9 Å². The van der Waals surface area contributed by atoms with Gasteiger partial charge in [0.25, 0.3) is 0 Å². The molecule has 0 aromatic heterocycles. The predicted molar refractivity (Wildman–Crippen MR) is 52.8 cm³/mol. The summed E-state index contributed by atoms with van der Waals surface area (Å²) in [5.41, 5.74) is 1.10. The molecule has 0 spiro atoms. The van der Waals surface area contributed by atoms with E-state index >= 15 is 0 Å². The molecule has 0 amide bonds. The van der Waals surface area contributed by atoms with Crippen LogP contribution in [0.25, 0.3) is 6.08 Å². The summed E-state index contributed by atoms with van der Waals surface area (Å²) < 4.78 is 0. The van der Waals surface area contributed by atoms with Gasteiger partial charge in [0, 0.05) is 4.90 Å². The normalized spacial score (nSPS) is 19.5. The number of carbonyl (C=O) groups is 1. The molecule has 1 aliphatic heterocycles. The Morgan fingerprint density at radius 2 is 2.15 bits per heavy atom. The van der Waals surface area contributed by atoms with Crippen molar-refractivity contribution in [2.45, 2.75) is 10.1 Å². The molecular formula is C10H8O2S. The monoisotopic (exact) mass is 192 g/mol. The van der Waals surface area contributed by atoms with Crippen molar-refractivity contribution in [2.75, 3.05) is 0 Å². The fourth-order valence-electron chi connectivity index (χ4n) is 1.23. The van der Waals surface area contributed by atoms with E-state index in [1.165, 1.54) is 11.8 Å². The number of carboxylic acids is 1. The van der Waals surface area contributed by atoms with Crippen molar-refractivity contribution >= 4 is 23.8 Å². The van der Waals surface area contributed by atoms with Gasteiger partial charge in [-0.25, -0.2) is 0 Å². The third-order valence-corrected chi connectivity index (χ3v) is 3.11. The van der Waals surface area contributed by atoms with Crippen molar-refractivity contribution in [1.29, 1.82) is 0 Å². The second-order valence-corrected chi connectivity index (χ2v) is 3.96. The first kappa shape index (κ1) is 8.38. The molecule has 0 aliphatic carbocycles. The SMILES string of the molecule is O=C(O)C1C=Cc2ccccc2S1. The maximum atomic E-state index is 10.7. The van der Waals surface area contributed by atoms with E-state index in [0.29, 0.717) is 0 Å². The van der Waals surface area contributed by atoms with Crippen LogP contribution in [-0.2, 0) is 4.79 Å². The number of aliphatic carboxylic acids is 1. The Morgan fingerprint density at radius 1 is 1.38 bits per heavy atom. The van der Waals surface area contributed by atoms with Gasteiger partial charge in [0.05, 0.1) is 0 Å². The molecule has 1 aliphatic rings. The number of carboxylic acid groups (broad SMARTS) is 1. The Labute approximate surface area is 80.3 Å². The predicted octanol–water partition coefficient (Wildman–Crippen LogP) is 2.26. The number of hydrogen-bond donors (Lipinski definition) is 1. The van der Waals surface area contributed by atoms with Crippen molar-refractivity contribution in [2.24, 2.45) is 0 Å². The quantitative estimate of drug-likeness (QED) is 0.741. The molecule has 0 saturated carbocycles. The summed E-state index contributed by atoms with van der Waals surface area (Å²) >= 11 is 1.38. The fraction of sp³-hybridized carbons (Fsp3) is 0.100. The first-order chi connectivity index (χ1) is 6.27. The topological polar surface area (TPSA) is 37.3 Å². The highest BCUT2D eigenvalue weighted by Gasteiger charge is 2.19. The molecule has 66 valence electrons. The average molecular weight is 192 g/mol. The van der Waals surface area contributed by atoms with Gasteiger partial charge >= 0.3 is 5.97 Å². The second kappa shape index (κ2) is 3.26. The average Bonchev–Trinajstić information content (AvgIpc) is 2.17. The van der Waals surface area contributed by atoms with Crippen LogP contribution in [-0.4, -0.2) is 16.3 Å². The molecule has 0 saturated heterocycles. The Morgan fingerprint density at radius 3 is 2.92 bits per heavy atom. The highest BCUT2D eigenvalue weighted by Crippen LogP contribution is 2.32. The van der Waals surface area contributed by atoms with E-state index in [0.717, 1.165) is 10.5 Å². The number of rotatable bonds is 1. The number of hydrogen-bond acceptors (Lipinski definition) is 2. The number of benzene rings is 1. The van der Waals surface area contributed by atoms with Crippen molar-refractivity contribution < 1.29 is 9.90 Å². The van der Waals surface area contributed by atoms with Gasteiger partial charge in [0.2, 0.25) is 0 Å². The Hall–Kier alpha value is -1.22. The minimum Gasteiger partial charge on any atom is -0.480 e. The molecule has 2 rings (SSSR count). The van der Waals surface area contributed by atoms with Crippen molar-refractivity contribution in [3.8, 4) is 0 Å². The van der Waals surface area contributed by atoms with E-state index in [2.05, 4.69) is 0 Å². The summed E-state index contributed by atoms with van der Waals surface area (Å²) in [5.74, 6) is -0.782. The van der Waals surface area contributed by atoms with Gasteiger partial charge in [-0.2, -0.15) is 0 Å². The third-order valence-electron chi connectivity index (χ3n) is 1.87. The zero-order chi connectivity index (χ0) is 9.26. The highest BCUT2D eigenvalue weighted by atomic mass is 32.2. The molecule has 1 atom stereocenters. The molecule has 3 heteroatoms. The van der Waals surface area contributed by atoms with Gasteiger partial charge in [0.1, 0.15) is 5.25 Å². The van der Waals surface area contributed by atoms with E-state index in [4.69, 9.17) is 5.11 Å². The molecule has 1 aromatic rings. The lowest BCUT2D eigenvalue weighted by molar-refractivity contribution is -0.135. The minimum absolute atomic E-state index is 0.435. The Bertz CT molecular complexity index is 371. The van der Waals surface area contributed by atoms with E-state index in [-0.39, 0.29) is 0 Å². The van der Waals surface area contributed by atoms with Gasteiger partial charge in [0.15, 0.2) is 0 Å². The molecule has 1 aromatic carbocycles. The zero-order valence-corrected chi connectivity index (χ0v) is 7.62. The molecule has 2 nitrogen and oxygen atoms in total. The van der Waals surface area contributed by atoms with E-state index < -0.39 is 11.2 Å². The summed E-state index contributed by atoms with van der Waals surface area (Å²) in [4.78, 5) is 11.7. The number of fused-ring (bicyclic) bond motifs is 1. The smallest absolute Gasteiger partial charge is 0.320 e. The first-order valence-electron chi connectivity index (χ1n) is 3.94. The molecule has 0 bridgehead atoms. The molecule has 13 heavy (non-hydrogen) atoms. The van der Waals surface area contributed by atoms with E-state index in [9.17, 15) is 4.79 Å². The lowest BCUT2D eigenvalue weighted by atomic mass is 10.2. The first-order valence-corrected chi connectivity index (χ1v) is 4.82. The molecule has 1 N–H and O–H groups in total. The molecule has 0 fully saturated rings. The fourth-order valence-corrected chi connectivity index (χ4v) is 2.19. The van der Waals surface area contributed by atoms with Crippen LogP contribution in [0.15, 0.2) is 35.2 Å². The third kappa shape index (κ3) is 1.60. The minimum atomic E-state index is -0.782. The van der Waals surface area contributed by atoms with Gasteiger partial charge in [-0.3, -0.25) is 4.79 Å². The van der Waals surface area contributed by atoms with E-state index in [1.54, 1.807) is 6.08 Å². The van der Waals surface area contributed by atoms with Crippen LogP contribution >= 0.6 is 11.8 Å². The standard InChI is InChI=1S/C10H8O2S/c11-10(12)9-6-5-7-3-1-2-4-8(7)13-9/h1-6,9H,(H,11,12). The van der Waals surface area contributed by atoms with Crippen molar-refractivity contribution in [1.82, 2.24) is 0 Å². The van der Waals surface area contributed by atoms with Crippen LogP contribution < -0.4 is 0 Å². The van der Waals surface area contributed by atoms with Crippen LogP contribution in [0.2, 0.25) is 0 Å². The maximum Gasteiger partial charge on any atom is 0.320 e. The Kier molecular flexibility index (Phi) is 2.10. The van der Waals surface area contributed by atoms with Crippen LogP contribution in [0.1, 0.15) is 5.56 Å². The van der Waals surface area contributed by atoms with Crippen LogP contribution in [0.5, 0.6) is 0 Å². The Balaban J connectivity index is 2.34. The summed E-state index contributed by atoms with van der Waals surface area (Å²) in [6, 6.07) is 7.80. The van der Waals surface area contributed by atoms with Gasteiger partial charge in [-0.05, 0) is 11.6 Å². The number of thioether (sulfide) groups is 1. The summed E-state index contributed by atoms with van der Waals surface area (Å²) in [6.07, 6.45) is 3.58. The summed E-state index contributed by atoms with van der Waals surface area (Å²) in [6.45, 7) is 0. The van der Waals surface area contributed by atoms with Crippen molar-refractivity contribution in [3.63, 3.8) is 0 Å². The summed E-state index contributed by atoms with van der Waals surface area (Å²) in [5, 5.41) is 8.36.